The van der Waals surface area contributed by atoms with Crippen LogP contribution in [0.15, 0.2) is 39.7 Å². The lowest BCUT2D eigenvalue weighted by atomic mass is 9.98. The Morgan fingerprint density at radius 3 is 2.96 bits per heavy atom. The topological polar surface area (TPSA) is 64.2 Å². The molecule has 6 nitrogen and oxygen atoms in total. The van der Waals surface area contributed by atoms with Gasteiger partial charge in [0.2, 0.25) is 0 Å². The monoisotopic (exact) mass is 378 g/mol. The fraction of sp³-hybridized carbons (Fsp3) is 0.353. The van der Waals surface area contributed by atoms with Crippen molar-refractivity contribution >= 4 is 34.3 Å². The molecule has 1 aromatic carbocycles. The van der Waals surface area contributed by atoms with Crippen molar-refractivity contribution in [2.24, 2.45) is 0 Å². The minimum atomic E-state index is -0.377. The number of hydrogen-bond acceptors (Lipinski definition) is 5. The van der Waals surface area contributed by atoms with Gasteiger partial charge in [0.25, 0.3) is 5.56 Å². The van der Waals surface area contributed by atoms with E-state index in [0.29, 0.717) is 6.67 Å². The normalized spacial score (nSPS) is 18.7. The van der Waals surface area contributed by atoms with Crippen LogP contribution in [0.4, 0.5) is 0 Å². The Hall–Kier alpha value is -1.89. The number of piperidine rings is 1. The van der Waals surface area contributed by atoms with E-state index in [1.807, 2.05) is 24.3 Å². The molecule has 1 aliphatic rings. The molecule has 0 bridgehead atoms. The quantitative estimate of drug-likeness (QED) is 0.697. The number of nitrogens with zero attached hydrogens (tertiary/aromatic N) is 4. The Bertz CT molecular complexity index is 936. The largest absolute Gasteiger partial charge is 0.440 e. The molecule has 0 amide bonds. The summed E-state index contributed by atoms with van der Waals surface area (Å²) in [4.78, 5) is 18.9. The first kappa shape index (κ1) is 16.6. The summed E-state index contributed by atoms with van der Waals surface area (Å²) in [7, 11) is 0. The van der Waals surface area contributed by atoms with Crippen LogP contribution in [-0.4, -0.2) is 32.8 Å². The Balaban J connectivity index is 1.53. The van der Waals surface area contributed by atoms with Gasteiger partial charge in [0, 0.05) is 12.5 Å². The van der Waals surface area contributed by atoms with E-state index in [0.717, 1.165) is 42.9 Å². The molecule has 0 N–H and O–H groups in total. The smallest absolute Gasteiger partial charge is 0.288 e. The van der Waals surface area contributed by atoms with E-state index < -0.39 is 0 Å². The second-order valence-electron chi connectivity index (χ2n) is 6.19. The van der Waals surface area contributed by atoms with Gasteiger partial charge in [-0.25, -0.2) is 9.67 Å². The summed E-state index contributed by atoms with van der Waals surface area (Å²) in [5.41, 5.74) is 1.30. The van der Waals surface area contributed by atoms with Crippen molar-refractivity contribution in [3.8, 4) is 0 Å². The van der Waals surface area contributed by atoms with E-state index in [9.17, 15) is 4.79 Å². The Morgan fingerprint density at radius 1 is 1.28 bits per heavy atom. The summed E-state index contributed by atoms with van der Waals surface area (Å²) in [6.07, 6.45) is 3.40. The van der Waals surface area contributed by atoms with Crippen LogP contribution < -0.4 is 5.56 Å². The molecule has 2 aromatic heterocycles. The van der Waals surface area contributed by atoms with Crippen LogP contribution in [0, 0.1) is 0 Å². The van der Waals surface area contributed by atoms with Crippen LogP contribution in [-0.2, 0) is 6.67 Å². The molecule has 3 heterocycles. The summed E-state index contributed by atoms with van der Waals surface area (Å²) < 4.78 is 7.24. The highest BCUT2D eigenvalue weighted by Gasteiger charge is 2.26. The molecule has 1 saturated heterocycles. The molecule has 3 aromatic rings. The lowest BCUT2D eigenvalue weighted by Gasteiger charge is -2.31. The number of para-hydroxylation sites is 2. The van der Waals surface area contributed by atoms with Crippen molar-refractivity contribution in [2.45, 2.75) is 25.4 Å². The fourth-order valence-electron chi connectivity index (χ4n) is 3.19. The zero-order valence-corrected chi connectivity index (χ0v) is 14.9. The number of halogens is 2. The number of aromatic nitrogens is 3. The SMILES string of the molecule is O=c1c(Cl)c(Cl)cnn1CN1CCC[C@H](c2nc3ccccc3o2)C1. The predicted molar refractivity (Wildman–Crippen MR) is 96.1 cm³/mol. The van der Waals surface area contributed by atoms with Gasteiger partial charge in [0.05, 0.1) is 17.9 Å². The van der Waals surface area contributed by atoms with Crippen LogP contribution in [0.5, 0.6) is 0 Å². The second kappa shape index (κ2) is 6.78. The van der Waals surface area contributed by atoms with Gasteiger partial charge in [-0.2, -0.15) is 5.10 Å². The minimum absolute atomic E-state index is 0.00387. The third kappa shape index (κ3) is 3.29. The number of rotatable bonds is 3. The standard InChI is InChI=1S/C17H16Cl2N4O2/c18-12-8-20-23(17(24)15(12)19)10-22-7-3-4-11(9-22)16-21-13-5-1-2-6-14(13)25-16/h1-2,5-6,8,11H,3-4,7,9-10H2/t11-/m0/s1. The first-order valence-electron chi connectivity index (χ1n) is 8.11. The summed E-state index contributed by atoms with van der Waals surface area (Å²) >= 11 is 11.7. The number of fused-ring (bicyclic) bond motifs is 1. The zero-order chi connectivity index (χ0) is 17.4. The molecule has 1 atom stereocenters. The predicted octanol–water partition coefficient (Wildman–Crippen LogP) is 3.53. The molecule has 4 rings (SSSR count). The maximum absolute atomic E-state index is 12.2. The van der Waals surface area contributed by atoms with Gasteiger partial charge < -0.3 is 4.42 Å². The summed E-state index contributed by atoms with van der Waals surface area (Å²) in [6.45, 7) is 2.00. The first-order chi connectivity index (χ1) is 12.1. The fourth-order valence-corrected chi connectivity index (χ4v) is 3.46. The number of likely N-dealkylation sites (tertiary alicyclic amines) is 1. The van der Waals surface area contributed by atoms with Crippen molar-refractivity contribution in [1.29, 1.82) is 0 Å². The molecule has 0 unspecified atom stereocenters. The molecule has 1 fully saturated rings. The van der Waals surface area contributed by atoms with Crippen molar-refractivity contribution in [2.75, 3.05) is 13.1 Å². The number of oxazole rings is 1. The van der Waals surface area contributed by atoms with Gasteiger partial charge in [0.1, 0.15) is 10.5 Å². The van der Waals surface area contributed by atoms with Gasteiger partial charge in [-0.1, -0.05) is 35.3 Å². The van der Waals surface area contributed by atoms with Gasteiger partial charge in [-0.05, 0) is 31.5 Å². The van der Waals surface area contributed by atoms with Gasteiger partial charge >= 0.3 is 0 Å². The molecular formula is C17H16Cl2N4O2. The Kier molecular flexibility index (Phi) is 4.50. The molecule has 130 valence electrons. The maximum Gasteiger partial charge on any atom is 0.288 e. The molecule has 0 spiro atoms. The van der Waals surface area contributed by atoms with Crippen LogP contribution in [0.25, 0.3) is 11.1 Å². The molecule has 0 radical (unpaired) electrons. The highest BCUT2D eigenvalue weighted by Crippen LogP contribution is 2.29. The average molecular weight is 379 g/mol. The van der Waals surface area contributed by atoms with E-state index in [-0.39, 0.29) is 21.5 Å². The minimum Gasteiger partial charge on any atom is -0.440 e. The highest BCUT2D eigenvalue weighted by molar-refractivity contribution is 6.41. The van der Waals surface area contributed by atoms with Crippen LogP contribution in [0.3, 0.4) is 0 Å². The van der Waals surface area contributed by atoms with Crippen molar-refractivity contribution in [1.82, 2.24) is 19.7 Å². The van der Waals surface area contributed by atoms with E-state index in [1.165, 1.54) is 10.9 Å². The lowest BCUT2D eigenvalue weighted by molar-refractivity contribution is 0.145. The van der Waals surface area contributed by atoms with E-state index in [2.05, 4.69) is 15.0 Å². The van der Waals surface area contributed by atoms with Crippen LogP contribution in [0.1, 0.15) is 24.7 Å². The third-order valence-electron chi connectivity index (χ3n) is 4.44. The van der Waals surface area contributed by atoms with Gasteiger partial charge in [-0.3, -0.25) is 9.69 Å². The lowest BCUT2D eigenvalue weighted by Crippen LogP contribution is -2.39. The Labute approximate surface area is 154 Å². The summed E-state index contributed by atoms with van der Waals surface area (Å²) in [5, 5.41) is 4.25. The van der Waals surface area contributed by atoms with E-state index in [1.54, 1.807) is 0 Å². The average Bonchev–Trinajstić information content (AvgIpc) is 3.07. The third-order valence-corrected chi connectivity index (χ3v) is 5.19. The maximum atomic E-state index is 12.2. The molecule has 25 heavy (non-hydrogen) atoms. The van der Waals surface area contributed by atoms with E-state index >= 15 is 0 Å². The van der Waals surface area contributed by atoms with Gasteiger partial charge in [-0.15, -0.1) is 0 Å². The first-order valence-corrected chi connectivity index (χ1v) is 8.86. The molecular weight excluding hydrogens is 363 g/mol. The van der Waals surface area contributed by atoms with E-state index in [4.69, 9.17) is 27.6 Å². The van der Waals surface area contributed by atoms with Crippen LogP contribution >= 0.6 is 23.2 Å². The molecule has 1 aliphatic heterocycles. The Morgan fingerprint density at radius 2 is 2.12 bits per heavy atom. The van der Waals surface area contributed by atoms with Crippen molar-refractivity contribution in [3.05, 3.63) is 56.8 Å². The highest BCUT2D eigenvalue weighted by atomic mass is 35.5. The van der Waals surface area contributed by atoms with Crippen molar-refractivity contribution in [3.63, 3.8) is 0 Å². The van der Waals surface area contributed by atoms with Crippen LogP contribution in [0.2, 0.25) is 10.0 Å². The van der Waals surface area contributed by atoms with Gasteiger partial charge in [0.15, 0.2) is 11.5 Å². The number of hydrogen-bond donors (Lipinski definition) is 0. The summed E-state index contributed by atoms with van der Waals surface area (Å²) in [6, 6.07) is 7.75. The number of benzene rings is 1. The molecule has 0 aliphatic carbocycles. The zero-order valence-electron chi connectivity index (χ0n) is 13.4. The molecule has 8 heteroatoms. The molecule has 0 saturated carbocycles. The second-order valence-corrected chi connectivity index (χ2v) is 6.97. The van der Waals surface area contributed by atoms with Crippen molar-refractivity contribution < 1.29 is 4.42 Å². The summed E-state index contributed by atoms with van der Waals surface area (Å²) in [5.74, 6) is 0.944.